The van der Waals surface area contributed by atoms with Crippen molar-refractivity contribution in [1.29, 1.82) is 0 Å². The predicted octanol–water partition coefficient (Wildman–Crippen LogP) is 1.05. The summed E-state index contributed by atoms with van der Waals surface area (Å²) in [6, 6.07) is 8.76. The summed E-state index contributed by atoms with van der Waals surface area (Å²) in [4.78, 5) is 15.9. The van der Waals surface area contributed by atoms with Crippen LogP contribution in [0.3, 0.4) is 0 Å². The van der Waals surface area contributed by atoms with Crippen LogP contribution in [0.25, 0.3) is 0 Å². The van der Waals surface area contributed by atoms with Gasteiger partial charge in [0.2, 0.25) is 0 Å². The molecule has 0 spiro atoms. The number of benzene rings is 1. The first-order valence-corrected chi connectivity index (χ1v) is 8.44. The standard InChI is InChI=1S/C16H15N3O2S/c1-22(2,21)19-16(20)14-8-13(10-18-11-14)7-6-12-4-3-5-15(17)9-12/h3-5,8-11H,1,17H2,2H3,(H,19,20,21). The smallest absolute Gasteiger partial charge is 0.264 e. The molecule has 6 heteroatoms. The zero-order valence-corrected chi connectivity index (χ0v) is 12.8. The van der Waals surface area contributed by atoms with E-state index in [9.17, 15) is 9.00 Å². The molecule has 1 aromatic carbocycles. The maximum atomic E-state index is 11.9. The Balaban J connectivity index is 2.25. The quantitative estimate of drug-likeness (QED) is 0.493. The molecule has 1 atom stereocenters. The highest BCUT2D eigenvalue weighted by atomic mass is 32.2. The van der Waals surface area contributed by atoms with Crippen molar-refractivity contribution in [2.45, 2.75) is 0 Å². The maximum absolute atomic E-state index is 11.9. The molecule has 0 aliphatic heterocycles. The van der Waals surface area contributed by atoms with E-state index in [-0.39, 0.29) is 5.56 Å². The lowest BCUT2D eigenvalue weighted by Gasteiger charge is -2.05. The van der Waals surface area contributed by atoms with Gasteiger partial charge in [-0.15, -0.1) is 0 Å². The van der Waals surface area contributed by atoms with Gasteiger partial charge < -0.3 is 5.73 Å². The molecular formula is C16H15N3O2S. The number of nitrogens with two attached hydrogens (primary N) is 1. The Morgan fingerprint density at radius 2 is 2.00 bits per heavy atom. The second kappa shape index (κ2) is 6.33. The highest BCUT2D eigenvalue weighted by Crippen LogP contribution is 2.06. The van der Waals surface area contributed by atoms with Gasteiger partial charge in [0.25, 0.3) is 5.91 Å². The number of nitrogens with zero attached hydrogens (tertiary/aromatic N) is 1. The van der Waals surface area contributed by atoms with Gasteiger partial charge in [0.1, 0.15) is 0 Å². The number of anilines is 1. The van der Waals surface area contributed by atoms with Gasteiger partial charge in [-0.05, 0) is 30.1 Å². The molecule has 0 fully saturated rings. The van der Waals surface area contributed by atoms with E-state index in [1.165, 1.54) is 12.5 Å². The van der Waals surface area contributed by atoms with Crippen molar-refractivity contribution in [3.05, 3.63) is 59.4 Å². The van der Waals surface area contributed by atoms with Crippen LogP contribution in [0.4, 0.5) is 5.69 Å². The van der Waals surface area contributed by atoms with Gasteiger partial charge >= 0.3 is 0 Å². The van der Waals surface area contributed by atoms with Crippen molar-refractivity contribution in [1.82, 2.24) is 9.71 Å². The van der Waals surface area contributed by atoms with Crippen LogP contribution in [0.2, 0.25) is 0 Å². The van der Waals surface area contributed by atoms with Crippen LogP contribution in [-0.4, -0.2) is 27.2 Å². The number of amides is 1. The first kappa shape index (κ1) is 15.6. The van der Waals surface area contributed by atoms with Crippen LogP contribution in [0.5, 0.6) is 0 Å². The number of pyridine rings is 1. The SMILES string of the molecule is C=S(C)(=O)NC(=O)c1cncc(C#Cc2cccc(N)c2)c1. The van der Waals surface area contributed by atoms with Crippen molar-refractivity contribution in [2.75, 3.05) is 12.0 Å². The van der Waals surface area contributed by atoms with Gasteiger partial charge in [-0.3, -0.25) is 14.5 Å². The zero-order chi connectivity index (χ0) is 16.2. The average molecular weight is 313 g/mol. The minimum atomic E-state index is -2.62. The van der Waals surface area contributed by atoms with Gasteiger partial charge in [-0.2, -0.15) is 0 Å². The Kier molecular flexibility index (Phi) is 4.49. The zero-order valence-electron chi connectivity index (χ0n) is 12.0. The number of rotatable bonds is 2. The summed E-state index contributed by atoms with van der Waals surface area (Å²) in [5, 5.41) is 0. The van der Waals surface area contributed by atoms with E-state index in [4.69, 9.17) is 5.73 Å². The molecule has 2 rings (SSSR count). The summed E-state index contributed by atoms with van der Waals surface area (Å²) in [5.41, 5.74) is 7.93. The lowest BCUT2D eigenvalue weighted by molar-refractivity contribution is 0.0982. The molecule has 1 unspecified atom stereocenters. The third kappa shape index (κ3) is 4.65. The van der Waals surface area contributed by atoms with Crippen LogP contribution in [0.1, 0.15) is 21.5 Å². The fourth-order valence-corrected chi connectivity index (χ4v) is 2.16. The van der Waals surface area contributed by atoms with Crippen molar-refractivity contribution < 1.29 is 9.00 Å². The third-order valence-corrected chi connectivity index (χ3v) is 3.16. The number of nitrogen functional groups attached to an aromatic ring is 1. The predicted molar refractivity (Wildman–Crippen MR) is 89.7 cm³/mol. The maximum Gasteiger partial charge on any atom is 0.264 e. The van der Waals surface area contributed by atoms with E-state index in [0.29, 0.717) is 11.3 Å². The molecule has 0 aliphatic rings. The van der Waals surface area contributed by atoms with Crippen LogP contribution < -0.4 is 10.5 Å². The molecule has 1 aromatic heterocycles. The molecule has 0 radical (unpaired) electrons. The minimum absolute atomic E-state index is 0.276. The average Bonchev–Trinajstić information content (AvgIpc) is 2.44. The molecule has 1 amide bonds. The third-order valence-electron chi connectivity index (χ3n) is 2.55. The highest BCUT2D eigenvalue weighted by Gasteiger charge is 2.08. The molecule has 112 valence electrons. The largest absolute Gasteiger partial charge is 0.399 e. The van der Waals surface area contributed by atoms with Crippen LogP contribution in [0, 0.1) is 11.8 Å². The van der Waals surface area contributed by atoms with Crippen LogP contribution >= 0.6 is 0 Å². The Morgan fingerprint density at radius 1 is 1.27 bits per heavy atom. The fourth-order valence-electron chi connectivity index (χ4n) is 1.65. The monoisotopic (exact) mass is 313 g/mol. The van der Waals surface area contributed by atoms with Crippen molar-refractivity contribution >= 4 is 27.2 Å². The molecule has 2 aromatic rings. The van der Waals surface area contributed by atoms with Gasteiger partial charge in [0.15, 0.2) is 0 Å². The number of carbonyl (C=O) groups is 1. The summed E-state index contributed by atoms with van der Waals surface area (Å²) < 4.78 is 13.8. The Bertz CT molecular complexity index is 878. The van der Waals surface area contributed by atoms with Crippen LogP contribution in [-0.2, 0) is 9.71 Å². The van der Waals surface area contributed by atoms with E-state index in [2.05, 4.69) is 27.4 Å². The Morgan fingerprint density at radius 3 is 2.68 bits per heavy atom. The van der Waals surface area contributed by atoms with E-state index in [1.807, 2.05) is 12.1 Å². The molecule has 0 saturated heterocycles. The molecule has 0 aliphatic carbocycles. The van der Waals surface area contributed by atoms with Crippen molar-refractivity contribution in [3.63, 3.8) is 0 Å². The highest BCUT2D eigenvalue weighted by molar-refractivity contribution is 7.98. The van der Waals surface area contributed by atoms with E-state index in [1.54, 1.807) is 24.4 Å². The van der Waals surface area contributed by atoms with Crippen molar-refractivity contribution in [2.24, 2.45) is 0 Å². The number of nitrogens with one attached hydrogen (secondary N) is 1. The summed E-state index contributed by atoms with van der Waals surface area (Å²) in [5.74, 6) is 8.74. The fraction of sp³-hybridized carbons (Fsp3) is 0.0625. The Labute approximate surface area is 129 Å². The number of aromatic nitrogens is 1. The number of hydrogen-bond donors (Lipinski definition) is 2. The lowest BCUT2D eigenvalue weighted by atomic mass is 10.1. The van der Waals surface area contributed by atoms with E-state index in [0.717, 1.165) is 5.56 Å². The number of hydrogen-bond acceptors (Lipinski definition) is 4. The van der Waals surface area contributed by atoms with Crippen LogP contribution in [0.15, 0.2) is 42.7 Å². The molecule has 5 nitrogen and oxygen atoms in total. The van der Waals surface area contributed by atoms with Crippen molar-refractivity contribution in [3.8, 4) is 11.8 Å². The minimum Gasteiger partial charge on any atom is -0.399 e. The molecule has 0 bridgehead atoms. The Hall–Kier alpha value is -2.78. The molecule has 3 N–H and O–H groups in total. The van der Waals surface area contributed by atoms with Gasteiger partial charge in [0.05, 0.1) is 5.56 Å². The molecule has 1 heterocycles. The second-order valence-electron chi connectivity index (χ2n) is 4.77. The molecule has 22 heavy (non-hydrogen) atoms. The van der Waals surface area contributed by atoms with Gasteiger partial charge in [-0.1, -0.05) is 17.9 Å². The summed E-state index contributed by atoms with van der Waals surface area (Å²) >= 11 is 0. The summed E-state index contributed by atoms with van der Waals surface area (Å²) in [6.07, 6.45) is 4.28. The normalized spacial score (nSPS) is 12.6. The van der Waals surface area contributed by atoms with Gasteiger partial charge in [0, 0.05) is 45.2 Å². The summed E-state index contributed by atoms with van der Waals surface area (Å²) in [7, 11) is -2.62. The van der Waals surface area contributed by atoms with E-state index >= 15 is 0 Å². The first-order valence-electron chi connectivity index (χ1n) is 6.30. The van der Waals surface area contributed by atoms with Gasteiger partial charge in [-0.25, -0.2) is 4.21 Å². The lowest BCUT2D eigenvalue weighted by Crippen LogP contribution is -2.29. The number of carbonyl (C=O) groups excluding carboxylic acids is 1. The summed E-state index contributed by atoms with van der Waals surface area (Å²) in [6.45, 7) is 0. The molecular weight excluding hydrogens is 298 g/mol. The molecule has 0 saturated carbocycles. The topological polar surface area (TPSA) is 85.1 Å². The first-order chi connectivity index (χ1) is 10.3. The van der Waals surface area contributed by atoms with E-state index < -0.39 is 15.6 Å². The second-order valence-corrected chi connectivity index (χ2v) is 6.99.